The maximum Gasteiger partial charge on any atom is 0.428 e. The van der Waals surface area contributed by atoms with Crippen LogP contribution in [-0.2, 0) is 9.47 Å². The molecule has 0 spiro atoms. The van der Waals surface area contributed by atoms with E-state index in [9.17, 15) is 65.9 Å². The fraction of sp³-hybridized carbons (Fsp3) is 1.00. The van der Waals surface area contributed by atoms with Crippen LogP contribution in [0.3, 0.4) is 0 Å². The molecule has 0 aliphatic carbocycles. The molecule has 2 heterocycles. The first kappa shape index (κ1) is 25.9. The smallest absolute Gasteiger partial charge is 0.381 e. The third-order valence-corrected chi connectivity index (χ3v) is 3.70. The van der Waals surface area contributed by atoms with Crippen LogP contribution in [0.2, 0.25) is 0 Å². The quantitative estimate of drug-likeness (QED) is 0.444. The normalized spacial score (nSPS) is 33.7. The average molecular weight is 470 g/mol. The van der Waals surface area contributed by atoms with Crippen molar-refractivity contribution in [2.45, 2.75) is 54.9 Å². The fourth-order valence-electron chi connectivity index (χ4n) is 1.76. The number of hydrogen-bond acceptors (Lipinski definition) is 2. The van der Waals surface area contributed by atoms with Crippen molar-refractivity contribution in [3.05, 3.63) is 0 Å². The van der Waals surface area contributed by atoms with Gasteiger partial charge in [-0.1, -0.05) is 6.92 Å². The first-order valence-corrected chi connectivity index (χ1v) is 7.06. The van der Waals surface area contributed by atoms with Gasteiger partial charge in [0.15, 0.2) is 0 Å². The monoisotopic (exact) mass is 470 g/mol. The van der Waals surface area contributed by atoms with E-state index in [1.165, 1.54) is 0 Å². The van der Waals surface area contributed by atoms with Crippen molar-refractivity contribution in [3.63, 3.8) is 0 Å². The lowest BCUT2D eigenvalue weighted by atomic mass is 9.92. The predicted octanol–water partition coefficient (Wildman–Crippen LogP) is 5.37. The van der Waals surface area contributed by atoms with Crippen molar-refractivity contribution in [2.75, 3.05) is 13.2 Å². The molecule has 0 aromatic heterocycles. The van der Waals surface area contributed by atoms with E-state index in [0.29, 0.717) is 0 Å². The molecular formula is C12H9F15O2. The molecule has 0 aromatic carbocycles. The van der Waals surface area contributed by atoms with Gasteiger partial charge in [-0.15, -0.1) is 0 Å². The Balaban J connectivity index is 0.000000726. The van der Waals surface area contributed by atoms with Crippen molar-refractivity contribution in [1.29, 1.82) is 0 Å². The zero-order valence-corrected chi connectivity index (χ0v) is 13.6. The summed E-state index contributed by atoms with van der Waals surface area (Å²) in [5, 5.41) is 0. The minimum Gasteiger partial charge on any atom is -0.381 e. The highest BCUT2D eigenvalue weighted by atomic mass is 19.4. The summed E-state index contributed by atoms with van der Waals surface area (Å²) in [7, 11) is 0. The topological polar surface area (TPSA) is 18.5 Å². The third kappa shape index (κ3) is 3.40. The third-order valence-electron chi connectivity index (χ3n) is 3.70. The van der Waals surface area contributed by atoms with Gasteiger partial charge in [0.2, 0.25) is 0 Å². The van der Waals surface area contributed by atoms with E-state index >= 15 is 0 Å². The van der Waals surface area contributed by atoms with Crippen molar-refractivity contribution < 1.29 is 75.3 Å². The molecular weight excluding hydrogens is 461 g/mol. The van der Waals surface area contributed by atoms with E-state index in [1.54, 1.807) is 4.74 Å². The van der Waals surface area contributed by atoms with Gasteiger partial charge in [0.05, 0.1) is 13.2 Å². The summed E-state index contributed by atoms with van der Waals surface area (Å²) in [5.41, 5.74) is 0. The lowest BCUT2D eigenvalue weighted by Gasteiger charge is -2.39. The van der Waals surface area contributed by atoms with Gasteiger partial charge in [-0.3, -0.25) is 4.74 Å². The second-order valence-electron chi connectivity index (χ2n) is 6.09. The van der Waals surface area contributed by atoms with Crippen LogP contribution in [0, 0.1) is 5.92 Å². The SMILES string of the molecule is CC1COC1.FC1OC(F)(F)C(F)(F)C(F)(F)C(F)(F)C(F)(F)C(F)(F)C1(F)F. The molecule has 0 radical (unpaired) electrons. The van der Waals surface area contributed by atoms with Crippen LogP contribution in [-0.4, -0.2) is 61.2 Å². The van der Waals surface area contributed by atoms with Gasteiger partial charge in [-0.05, 0) is 0 Å². The Morgan fingerprint density at radius 3 is 1.21 bits per heavy atom. The van der Waals surface area contributed by atoms with Gasteiger partial charge >= 0.3 is 41.6 Å². The molecule has 17 heteroatoms. The molecule has 0 bridgehead atoms. The van der Waals surface area contributed by atoms with E-state index in [2.05, 4.69) is 6.92 Å². The second-order valence-corrected chi connectivity index (χ2v) is 6.09. The van der Waals surface area contributed by atoms with Crippen molar-refractivity contribution >= 4 is 0 Å². The summed E-state index contributed by atoms with van der Waals surface area (Å²) in [5.74, 6) is -46.4. The first-order chi connectivity index (χ1) is 12.5. The zero-order chi connectivity index (χ0) is 23.5. The predicted molar refractivity (Wildman–Crippen MR) is 60.6 cm³/mol. The summed E-state index contributed by atoms with van der Waals surface area (Å²) in [6.45, 7) is 4.16. The highest BCUT2D eigenvalue weighted by molar-refractivity contribution is 5.15. The molecule has 1 atom stereocenters. The summed E-state index contributed by atoms with van der Waals surface area (Å²) < 4.78 is 199. The summed E-state index contributed by atoms with van der Waals surface area (Å²) >= 11 is 0. The summed E-state index contributed by atoms with van der Waals surface area (Å²) in [4.78, 5) is 0. The number of alkyl halides is 15. The standard InChI is InChI=1S/C8HF15O.C4H8O/c9-1-2(10,11)3(12,13)4(14,15)5(16,17)6(18,19)7(20,21)8(22,23)24-1;1-4-2-5-3-4/h1H;4H,2-3H2,1H3. The molecule has 2 aliphatic heterocycles. The minimum atomic E-state index is -8.17. The van der Waals surface area contributed by atoms with Crippen LogP contribution < -0.4 is 0 Å². The molecule has 2 rings (SSSR count). The highest BCUT2D eigenvalue weighted by Crippen LogP contribution is 2.64. The Hall–Kier alpha value is -1.13. The van der Waals surface area contributed by atoms with Crippen LogP contribution in [0.5, 0.6) is 0 Å². The van der Waals surface area contributed by atoms with E-state index in [4.69, 9.17) is 4.74 Å². The largest absolute Gasteiger partial charge is 0.428 e. The molecule has 0 N–H and O–H groups in total. The average Bonchev–Trinajstić information content (AvgIpc) is 2.51. The van der Waals surface area contributed by atoms with E-state index in [1.807, 2.05) is 0 Å². The molecule has 2 saturated heterocycles. The van der Waals surface area contributed by atoms with Gasteiger partial charge in [0, 0.05) is 5.92 Å². The highest BCUT2D eigenvalue weighted by Gasteiger charge is 2.95. The van der Waals surface area contributed by atoms with Crippen LogP contribution in [0.25, 0.3) is 0 Å². The molecule has 2 nitrogen and oxygen atoms in total. The maximum atomic E-state index is 12.9. The van der Waals surface area contributed by atoms with Crippen molar-refractivity contribution in [2.24, 2.45) is 5.92 Å². The summed E-state index contributed by atoms with van der Waals surface area (Å²) in [6.07, 6.45) is -13.1. The van der Waals surface area contributed by atoms with Gasteiger partial charge in [0.25, 0.3) is 6.36 Å². The number of rotatable bonds is 0. The zero-order valence-electron chi connectivity index (χ0n) is 13.6. The molecule has 174 valence electrons. The Bertz CT molecular complexity index is 598. The second kappa shape index (κ2) is 6.95. The van der Waals surface area contributed by atoms with Crippen LogP contribution in [0.1, 0.15) is 6.92 Å². The lowest BCUT2D eigenvalue weighted by Crippen LogP contribution is -2.72. The maximum absolute atomic E-state index is 12.9. The van der Waals surface area contributed by atoms with Crippen molar-refractivity contribution in [1.82, 2.24) is 0 Å². The lowest BCUT2D eigenvalue weighted by molar-refractivity contribution is -0.454. The minimum absolute atomic E-state index is 0.843. The van der Waals surface area contributed by atoms with Gasteiger partial charge in [0.1, 0.15) is 0 Å². The Labute approximate surface area is 150 Å². The van der Waals surface area contributed by atoms with E-state index < -0.39 is 48.0 Å². The Morgan fingerprint density at radius 1 is 0.586 bits per heavy atom. The van der Waals surface area contributed by atoms with Crippen LogP contribution >= 0.6 is 0 Å². The van der Waals surface area contributed by atoms with E-state index in [-0.39, 0.29) is 0 Å². The molecule has 29 heavy (non-hydrogen) atoms. The Morgan fingerprint density at radius 2 is 0.897 bits per heavy atom. The van der Waals surface area contributed by atoms with Gasteiger partial charge in [-0.25, -0.2) is 4.39 Å². The molecule has 2 aliphatic rings. The fourth-order valence-corrected chi connectivity index (χ4v) is 1.76. The summed E-state index contributed by atoms with van der Waals surface area (Å²) in [6, 6.07) is 0. The number of halogens is 15. The first-order valence-electron chi connectivity index (χ1n) is 7.06. The molecule has 0 saturated carbocycles. The van der Waals surface area contributed by atoms with Gasteiger partial charge in [-0.2, -0.15) is 61.5 Å². The number of ether oxygens (including phenoxy) is 2. The number of hydrogen-bond donors (Lipinski definition) is 0. The van der Waals surface area contributed by atoms with E-state index in [0.717, 1.165) is 19.1 Å². The molecule has 2 fully saturated rings. The Kier molecular flexibility index (Phi) is 6.21. The van der Waals surface area contributed by atoms with Gasteiger partial charge < -0.3 is 4.74 Å². The van der Waals surface area contributed by atoms with Crippen LogP contribution in [0.4, 0.5) is 65.9 Å². The molecule has 0 aromatic rings. The molecule has 0 amide bonds. The van der Waals surface area contributed by atoms with Crippen molar-refractivity contribution in [3.8, 4) is 0 Å². The van der Waals surface area contributed by atoms with Crippen LogP contribution in [0.15, 0.2) is 0 Å². The molecule has 1 unspecified atom stereocenters.